The first-order valence-electron chi connectivity index (χ1n) is 5.48. The molecule has 0 radical (unpaired) electrons. The Hall–Kier alpha value is -1.75. The molecule has 0 aliphatic rings. The second kappa shape index (κ2) is 6.75. The molecule has 0 aromatic heterocycles. The van der Waals surface area contributed by atoms with E-state index in [1.165, 1.54) is 0 Å². The highest BCUT2D eigenvalue weighted by Gasteiger charge is 2.04. The third-order valence-corrected chi connectivity index (χ3v) is 2.16. The van der Waals surface area contributed by atoms with Gasteiger partial charge in [0, 0.05) is 13.1 Å². The SMILES string of the molecule is CN(C)CCNC(=O)COc1ccccc1N. The van der Waals surface area contributed by atoms with Crippen molar-refractivity contribution < 1.29 is 9.53 Å². The molecule has 0 fully saturated rings. The first-order valence-corrected chi connectivity index (χ1v) is 5.48. The fourth-order valence-corrected chi connectivity index (χ4v) is 1.23. The lowest BCUT2D eigenvalue weighted by molar-refractivity contribution is -0.123. The minimum atomic E-state index is -0.143. The summed E-state index contributed by atoms with van der Waals surface area (Å²) in [5, 5.41) is 2.76. The fourth-order valence-electron chi connectivity index (χ4n) is 1.23. The normalized spacial score (nSPS) is 10.3. The van der Waals surface area contributed by atoms with Gasteiger partial charge in [-0.1, -0.05) is 12.1 Å². The molecule has 0 bridgehead atoms. The summed E-state index contributed by atoms with van der Waals surface area (Å²) in [7, 11) is 3.90. The number of amides is 1. The third-order valence-electron chi connectivity index (χ3n) is 2.16. The van der Waals surface area contributed by atoms with Gasteiger partial charge < -0.3 is 20.7 Å². The minimum Gasteiger partial charge on any atom is -0.482 e. The molecule has 1 amide bonds. The average Bonchev–Trinajstić information content (AvgIpc) is 2.27. The Morgan fingerprint density at radius 2 is 2.12 bits per heavy atom. The molecule has 17 heavy (non-hydrogen) atoms. The number of nitrogen functional groups attached to an aromatic ring is 1. The quantitative estimate of drug-likeness (QED) is 0.699. The van der Waals surface area contributed by atoms with Gasteiger partial charge in [0.25, 0.3) is 5.91 Å². The molecule has 1 aromatic carbocycles. The summed E-state index contributed by atoms with van der Waals surface area (Å²) in [6.45, 7) is 1.40. The smallest absolute Gasteiger partial charge is 0.257 e. The number of hydrogen-bond acceptors (Lipinski definition) is 4. The Balaban J connectivity index is 2.26. The van der Waals surface area contributed by atoms with Crippen LogP contribution >= 0.6 is 0 Å². The van der Waals surface area contributed by atoms with Crippen LogP contribution in [0.15, 0.2) is 24.3 Å². The molecule has 0 spiro atoms. The van der Waals surface area contributed by atoms with Crippen LogP contribution in [0.3, 0.4) is 0 Å². The lowest BCUT2D eigenvalue weighted by atomic mass is 10.3. The predicted molar refractivity (Wildman–Crippen MR) is 67.9 cm³/mol. The van der Waals surface area contributed by atoms with Crippen LogP contribution in [0.4, 0.5) is 5.69 Å². The monoisotopic (exact) mass is 237 g/mol. The average molecular weight is 237 g/mol. The lowest BCUT2D eigenvalue weighted by Gasteiger charge is -2.11. The molecule has 3 N–H and O–H groups in total. The van der Waals surface area contributed by atoms with Gasteiger partial charge >= 0.3 is 0 Å². The predicted octanol–water partition coefficient (Wildman–Crippen LogP) is 0.325. The Morgan fingerprint density at radius 1 is 1.41 bits per heavy atom. The molecular weight excluding hydrogens is 218 g/mol. The lowest BCUT2D eigenvalue weighted by Crippen LogP contribution is -2.34. The maximum absolute atomic E-state index is 11.4. The summed E-state index contributed by atoms with van der Waals surface area (Å²) >= 11 is 0. The number of ether oxygens (including phenoxy) is 1. The molecule has 0 aliphatic carbocycles. The second-order valence-corrected chi connectivity index (χ2v) is 3.98. The summed E-state index contributed by atoms with van der Waals surface area (Å²) in [5.41, 5.74) is 6.22. The van der Waals surface area contributed by atoms with Crippen LogP contribution in [-0.2, 0) is 4.79 Å². The van der Waals surface area contributed by atoms with E-state index < -0.39 is 0 Å². The Morgan fingerprint density at radius 3 is 2.76 bits per heavy atom. The maximum atomic E-state index is 11.4. The van der Waals surface area contributed by atoms with E-state index in [0.717, 1.165) is 6.54 Å². The number of rotatable bonds is 6. The van der Waals surface area contributed by atoms with E-state index in [-0.39, 0.29) is 12.5 Å². The largest absolute Gasteiger partial charge is 0.482 e. The van der Waals surface area contributed by atoms with Gasteiger partial charge in [0.1, 0.15) is 5.75 Å². The van der Waals surface area contributed by atoms with Gasteiger partial charge in [-0.3, -0.25) is 4.79 Å². The highest BCUT2D eigenvalue weighted by molar-refractivity contribution is 5.77. The van der Waals surface area contributed by atoms with E-state index in [2.05, 4.69) is 5.32 Å². The van der Waals surface area contributed by atoms with Crippen molar-refractivity contribution >= 4 is 11.6 Å². The Bertz CT molecular complexity index is 367. The second-order valence-electron chi connectivity index (χ2n) is 3.98. The number of carbonyl (C=O) groups excluding carboxylic acids is 1. The standard InChI is InChI=1S/C12H19N3O2/c1-15(2)8-7-14-12(16)9-17-11-6-4-3-5-10(11)13/h3-6H,7-9,13H2,1-2H3,(H,14,16). The van der Waals surface area contributed by atoms with Crippen molar-refractivity contribution in [3.05, 3.63) is 24.3 Å². The van der Waals surface area contributed by atoms with Crippen LogP contribution in [0, 0.1) is 0 Å². The number of benzene rings is 1. The number of hydrogen-bond donors (Lipinski definition) is 2. The number of carbonyl (C=O) groups is 1. The molecule has 1 aromatic rings. The van der Waals surface area contributed by atoms with E-state index in [0.29, 0.717) is 18.0 Å². The highest BCUT2D eigenvalue weighted by Crippen LogP contribution is 2.19. The molecule has 0 saturated carbocycles. The molecule has 0 atom stereocenters. The van der Waals surface area contributed by atoms with Gasteiger partial charge in [0.15, 0.2) is 6.61 Å². The van der Waals surface area contributed by atoms with Gasteiger partial charge in [-0.05, 0) is 26.2 Å². The van der Waals surface area contributed by atoms with Crippen molar-refractivity contribution in [1.82, 2.24) is 10.2 Å². The highest BCUT2D eigenvalue weighted by atomic mass is 16.5. The summed E-state index contributed by atoms with van der Waals surface area (Å²) in [4.78, 5) is 13.4. The molecule has 5 heteroatoms. The molecule has 0 unspecified atom stereocenters. The van der Waals surface area contributed by atoms with Crippen LogP contribution < -0.4 is 15.8 Å². The summed E-state index contributed by atoms with van der Waals surface area (Å²) < 4.78 is 5.31. The van der Waals surface area contributed by atoms with Gasteiger partial charge in [-0.25, -0.2) is 0 Å². The zero-order valence-corrected chi connectivity index (χ0v) is 10.3. The van der Waals surface area contributed by atoms with Crippen LogP contribution in [0.5, 0.6) is 5.75 Å². The molecule has 0 aliphatic heterocycles. The minimum absolute atomic E-state index is 0.0123. The van der Waals surface area contributed by atoms with Crippen LogP contribution in [0.2, 0.25) is 0 Å². The molecule has 5 nitrogen and oxygen atoms in total. The number of anilines is 1. The van der Waals surface area contributed by atoms with E-state index in [1.54, 1.807) is 12.1 Å². The van der Waals surface area contributed by atoms with E-state index >= 15 is 0 Å². The first kappa shape index (κ1) is 13.3. The first-order chi connectivity index (χ1) is 8.09. The Labute approximate surface area is 102 Å². The zero-order chi connectivity index (χ0) is 12.7. The van der Waals surface area contributed by atoms with Gasteiger partial charge in [0.05, 0.1) is 5.69 Å². The van der Waals surface area contributed by atoms with Crippen molar-refractivity contribution in [2.45, 2.75) is 0 Å². The molecule has 1 rings (SSSR count). The number of nitrogens with zero attached hydrogens (tertiary/aromatic N) is 1. The number of likely N-dealkylation sites (N-methyl/N-ethyl adjacent to an activating group) is 1. The van der Waals surface area contributed by atoms with Crippen LogP contribution in [-0.4, -0.2) is 44.6 Å². The maximum Gasteiger partial charge on any atom is 0.257 e. The van der Waals surface area contributed by atoms with E-state index in [9.17, 15) is 4.79 Å². The van der Waals surface area contributed by atoms with Gasteiger partial charge in [-0.15, -0.1) is 0 Å². The van der Waals surface area contributed by atoms with E-state index in [1.807, 2.05) is 31.1 Å². The summed E-state index contributed by atoms with van der Waals surface area (Å²) in [5.74, 6) is 0.394. The van der Waals surface area contributed by atoms with Crippen molar-refractivity contribution in [2.75, 3.05) is 39.5 Å². The third kappa shape index (κ3) is 5.21. The van der Waals surface area contributed by atoms with Crippen molar-refractivity contribution in [3.8, 4) is 5.75 Å². The molecule has 94 valence electrons. The topological polar surface area (TPSA) is 67.6 Å². The van der Waals surface area contributed by atoms with Crippen LogP contribution in [0.25, 0.3) is 0 Å². The molecule has 0 saturated heterocycles. The molecular formula is C12H19N3O2. The van der Waals surface area contributed by atoms with Crippen molar-refractivity contribution in [2.24, 2.45) is 0 Å². The number of nitrogens with two attached hydrogens (primary N) is 1. The number of para-hydroxylation sites is 2. The van der Waals surface area contributed by atoms with Gasteiger partial charge in [-0.2, -0.15) is 0 Å². The number of nitrogens with one attached hydrogen (secondary N) is 1. The van der Waals surface area contributed by atoms with Crippen LogP contribution in [0.1, 0.15) is 0 Å². The Kier molecular flexibility index (Phi) is 5.29. The van der Waals surface area contributed by atoms with Crippen molar-refractivity contribution in [3.63, 3.8) is 0 Å². The molecule has 0 heterocycles. The fraction of sp³-hybridized carbons (Fsp3) is 0.417. The van der Waals surface area contributed by atoms with E-state index in [4.69, 9.17) is 10.5 Å². The van der Waals surface area contributed by atoms with Crippen molar-refractivity contribution in [1.29, 1.82) is 0 Å². The zero-order valence-electron chi connectivity index (χ0n) is 10.3. The van der Waals surface area contributed by atoms with Gasteiger partial charge in [0.2, 0.25) is 0 Å². The summed E-state index contributed by atoms with van der Waals surface area (Å²) in [6, 6.07) is 7.11. The summed E-state index contributed by atoms with van der Waals surface area (Å²) in [6.07, 6.45) is 0.